The Morgan fingerprint density at radius 3 is 1.12 bits per heavy atom. The lowest BCUT2D eigenvalue weighted by Crippen LogP contribution is -2.35. The average Bonchev–Trinajstić information content (AvgIpc) is 2.28. The Bertz CT molecular complexity index is 172. The van der Waals surface area contributed by atoms with Gasteiger partial charge in [-0.3, -0.25) is 9.05 Å². The van der Waals surface area contributed by atoms with Gasteiger partial charge in [-0.25, -0.2) is 0 Å². The molecule has 0 spiro atoms. The first-order chi connectivity index (χ1) is 7.34. The monoisotopic (exact) mass is 256 g/mol. The van der Waals surface area contributed by atoms with Gasteiger partial charge >= 0.3 is 0 Å². The van der Waals surface area contributed by atoms with E-state index in [1.807, 2.05) is 0 Å². The van der Waals surface area contributed by atoms with E-state index in [9.17, 15) is 0 Å². The molecule has 0 saturated carbocycles. The van der Waals surface area contributed by atoms with E-state index in [1.54, 1.807) is 20.5 Å². The highest BCUT2D eigenvalue weighted by Gasteiger charge is 2.33. The van der Waals surface area contributed by atoms with Crippen LogP contribution in [0.2, 0.25) is 0 Å². The molecule has 0 unspecified atom stereocenters. The van der Waals surface area contributed by atoms with Crippen molar-refractivity contribution < 1.29 is 28.0 Å². The van der Waals surface area contributed by atoms with Crippen molar-refractivity contribution >= 4 is 8.38 Å². The Morgan fingerprint density at radius 1 is 0.688 bits per heavy atom. The Balaban J connectivity index is 4.31. The minimum atomic E-state index is -1.28. The molecular weight excluding hydrogens is 235 g/mol. The summed E-state index contributed by atoms with van der Waals surface area (Å²) in [5, 5.41) is 0. The van der Waals surface area contributed by atoms with Crippen molar-refractivity contribution in [2.45, 2.75) is 25.8 Å². The van der Waals surface area contributed by atoms with E-state index in [0.717, 1.165) is 0 Å². The molecule has 16 heavy (non-hydrogen) atoms. The number of hydrogen-bond donors (Lipinski definition) is 0. The van der Waals surface area contributed by atoms with E-state index in [2.05, 4.69) is 0 Å². The van der Waals surface area contributed by atoms with Crippen LogP contribution in [0.3, 0.4) is 0 Å². The molecule has 0 bridgehead atoms. The zero-order valence-corrected chi connectivity index (χ0v) is 11.8. The van der Waals surface area contributed by atoms with Gasteiger partial charge in [-0.05, 0) is 0 Å². The Kier molecular flexibility index (Phi) is 6.89. The quantitative estimate of drug-likeness (QED) is 0.488. The second-order valence-corrected chi connectivity index (χ2v) is 4.41. The second kappa shape index (κ2) is 6.81. The zero-order chi connectivity index (χ0) is 12.8. The molecule has 0 rings (SSSR count). The molecule has 0 amide bonds. The third kappa shape index (κ3) is 5.01. The number of rotatable bonds is 8. The van der Waals surface area contributed by atoms with Gasteiger partial charge < -0.3 is 18.9 Å². The van der Waals surface area contributed by atoms with Gasteiger partial charge in [-0.2, -0.15) is 0 Å². The third-order valence-electron chi connectivity index (χ3n) is 2.07. The molecule has 0 radical (unpaired) electrons. The molecule has 0 aliphatic heterocycles. The maximum absolute atomic E-state index is 5.47. The van der Waals surface area contributed by atoms with E-state index >= 15 is 0 Å². The van der Waals surface area contributed by atoms with Crippen molar-refractivity contribution in [1.82, 2.24) is 0 Å². The van der Waals surface area contributed by atoms with Crippen molar-refractivity contribution in [3.05, 3.63) is 0 Å². The predicted molar refractivity (Wildman–Crippen MR) is 59.9 cm³/mol. The fourth-order valence-electron chi connectivity index (χ4n) is 0.801. The number of ether oxygens (including phenoxy) is 4. The second-order valence-electron chi connectivity index (χ2n) is 3.16. The molecule has 7 heteroatoms. The van der Waals surface area contributed by atoms with Crippen LogP contribution in [0.5, 0.6) is 0 Å². The lowest BCUT2D eigenvalue weighted by atomic mass is 10.7. The summed E-state index contributed by atoms with van der Waals surface area (Å²) in [5.74, 6) is -2.27. The van der Waals surface area contributed by atoms with Gasteiger partial charge in [0.15, 0.2) is 8.38 Å². The van der Waals surface area contributed by atoms with E-state index < -0.39 is 20.3 Å². The van der Waals surface area contributed by atoms with Crippen LogP contribution in [0.25, 0.3) is 0 Å². The minimum absolute atomic E-state index is 1.14. The van der Waals surface area contributed by atoms with E-state index in [-0.39, 0.29) is 0 Å². The van der Waals surface area contributed by atoms with Crippen LogP contribution in [0.15, 0.2) is 0 Å². The van der Waals surface area contributed by atoms with Crippen LogP contribution in [0.1, 0.15) is 13.8 Å². The molecule has 0 N–H and O–H groups in total. The molecule has 98 valence electrons. The highest BCUT2D eigenvalue weighted by atomic mass is 31.2. The van der Waals surface area contributed by atoms with E-state index in [4.69, 9.17) is 28.0 Å². The highest BCUT2D eigenvalue weighted by molar-refractivity contribution is 7.46. The summed E-state index contributed by atoms with van der Waals surface area (Å²) < 4.78 is 31.1. The Labute approximate surface area is 98.0 Å². The van der Waals surface area contributed by atoms with Gasteiger partial charge in [0, 0.05) is 49.0 Å². The first-order valence-electron chi connectivity index (χ1n) is 4.67. The molecular formula is C9H21O6P. The molecule has 0 aliphatic rings. The molecule has 0 aromatic rings. The molecule has 0 aromatic heterocycles. The zero-order valence-electron chi connectivity index (χ0n) is 10.9. The topological polar surface area (TPSA) is 55.4 Å². The maximum atomic E-state index is 5.47. The van der Waals surface area contributed by atoms with Gasteiger partial charge in [-0.15, -0.1) is 0 Å². The van der Waals surface area contributed by atoms with Crippen molar-refractivity contribution in [3.63, 3.8) is 0 Å². The fraction of sp³-hybridized carbons (Fsp3) is 1.00. The van der Waals surface area contributed by atoms with Crippen LogP contribution in [-0.4, -0.2) is 47.1 Å². The van der Waals surface area contributed by atoms with Crippen molar-refractivity contribution in [3.8, 4) is 0 Å². The summed E-state index contributed by atoms with van der Waals surface area (Å²) in [4.78, 5) is 0. The molecule has 0 saturated heterocycles. The van der Waals surface area contributed by atoms with Gasteiger partial charge in [0.25, 0.3) is 11.9 Å². The van der Waals surface area contributed by atoms with Crippen LogP contribution >= 0.6 is 8.38 Å². The first kappa shape index (κ1) is 16.2. The molecule has 0 aliphatic carbocycles. The number of hydrogen-bond acceptors (Lipinski definition) is 6. The lowest BCUT2D eigenvalue weighted by Gasteiger charge is -2.33. The maximum Gasteiger partial charge on any atom is 0.284 e. The fourth-order valence-corrected chi connectivity index (χ4v) is 2.07. The Hall–Kier alpha value is 0.190. The van der Waals surface area contributed by atoms with Crippen molar-refractivity contribution in [2.75, 3.05) is 35.1 Å². The SMILES string of the molecule is COC(C)(OC)OP(C)OC(C)(OC)OC. The average molecular weight is 256 g/mol. The normalized spacial score (nSPS) is 13.5. The summed E-state index contributed by atoms with van der Waals surface area (Å²) in [6, 6.07) is 0. The standard InChI is InChI=1S/C9H21O6P/c1-8(10-3,11-4)14-16(7)15-9(2,12-5)13-6/h1-7H3. The van der Waals surface area contributed by atoms with Crippen molar-refractivity contribution in [2.24, 2.45) is 0 Å². The largest absolute Gasteiger partial charge is 0.331 e. The molecule has 0 heterocycles. The lowest BCUT2D eigenvalue weighted by molar-refractivity contribution is -0.332. The molecule has 6 nitrogen and oxygen atoms in total. The molecule has 0 fully saturated rings. The molecule has 0 aromatic carbocycles. The Morgan fingerprint density at radius 2 is 0.938 bits per heavy atom. The highest BCUT2D eigenvalue weighted by Crippen LogP contribution is 2.43. The van der Waals surface area contributed by atoms with Gasteiger partial charge in [0.1, 0.15) is 0 Å². The van der Waals surface area contributed by atoms with E-state index in [0.29, 0.717) is 0 Å². The summed E-state index contributed by atoms with van der Waals surface area (Å²) in [7, 11) is 4.66. The van der Waals surface area contributed by atoms with Crippen LogP contribution in [-0.2, 0) is 28.0 Å². The third-order valence-corrected chi connectivity index (χ3v) is 3.25. The van der Waals surface area contributed by atoms with Crippen LogP contribution in [0.4, 0.5) is 0 Å². The molecule has 0 atom stereocenters. The number of methoxy groups -OCH3 is 4. The van der Waals surface area contributed by atoms with Gasteiger partial charge in [0.2, 0.25) is 0 Å². The van der Waals surface area contributed by atoms with Crippen molar-refractivity contribution in [1.29, 1.82) is 0 Å². The first-order valence-corrected chi connectivity index (χ1v) is 6.29. The summed E-state index contributed by atoms with van der Waals surface area (Å²) >= 11 is 0. The smallest absolute Gasteiger partial charge is 0.284 e. The summed E-state index contributed by atoms with van der Waals surface area (Å²) in [6.07, 6.45) is 0. The summed E-state index contributed by atoms with van der Waals surface area (Å²) in [5.41, 5.74) is 0. The van der Waals surface area contributed by atoms with Gasteiger partial charge in [0.05, 0.1) is 0 Å². The predicted octanol–water partition coefficient (Wildman–Crippen LogP) is 1.89. The summed E-state index contributed by atoms with van der Waals surface area (Å²) in [6.45, 7) is 5.04. The van der Waals surface area contributed by atoms with Crippen LogP contribution < -0.4 is 0 Å². The van der Waals surface area contributed by atoms with E-state index in [1.165, 1.54) is 28.4 Å². The minimum Gasteiger partial charge on any atom is -0.331 e. The van der Waals surface area contributed by atoms with Crippen LogP contribution in [0, 0.1) is 0 Å². The van der Waals surface area contributed by atoms with Gasteiger partial charge in [-0.1, -0.05) is 0 Å².